The maximum Gasteiger partial charge on any atom is 0.306 e. The highest BCUT2D eigenvalue weighted by Gasteiger charge is 2.46. The molecule has 1 saturated heterocycles. The first-order chi connectivity index (χ1) is 32.0. The fourth-order valence-electron chi connectivity index (χ4n) is 7.69. The molecule has 0 bridgehead atoms. The molecule has 1 heterocycles. The maximum absolute atomic E-state index is 12.9. The Hall–Kier alpha value is -2.65. The predicted molar refractivity (Wildman–Crippen MR) is 265 cm³/mol. The molecule has 6 atom stereocenters. The number of allylic oxidation sites excluding steroid dienone is 10. The number of hydrogen-bond donors (Lipinski definition) is 4. The van der Waals surface area contributed by atoms with Crippen molar-refractivity contribution >= 4 is 22.1 Å². The van der Waals surface area contributed by atoms with Gasteiger partial charge in [-0.2, -0.15) is 8.42 Å². The number of carbonyl (C=O) groups is 2. The van der Waals surface area contributed by atoms with Gasteiger partial charge in [-0.3, -0.25) is 14.1 Å². The first-order valence-corrected chi connectivity index (χ1v) is 27.5. The molecule has 13 heteroatoms. The number of ether oxygens (including phenoxy) is 4. The van der Waals surface area contributed by atoms with Crippen LogP contribution in [0.5, 0.6) is 0 Å². The Morgan fingerprint density at radius 1 is 0.530 bits per heavy atom. The van der Waals surface area contributed by atoms with Crippen molar-refractivity contribution in [1.29, 1.82) is 0 Å². The standard InChI is InChI=1S/C53H92O12S/c1-3-5-7-9-11-13-15-17-19-20-21-22-23-24-25-26-28-30-32-34-36-38-40-42-49(55)64-46(44-63-53-52(58)51(57)50(56)47(65-53)45-66(59,60)61)43-62-48(54)41-39-37-35-33-31-29-27-18-16-14-12-10-8-6-4-2/h6,8,10,12,14,16,18,27,34,36,46-47,50-53,56-58H,3-5,7,9,11,13,15,17,19-26,28-33,35,37-45H2,1-2H3,(H,59,60,61)/b8-6+,12-10+,16-14+,27-18+,36-34+/t46-,47-,50-,51?,52?,53+/m1/s1. The second-order valence-electron chi connectivity index (χ2n) is 17.9. The molecule has 2 unspecified atom stereocenters. The highest BCUT2D eigenvalue weighted by atomic mass is 32.2. The molecule has 382 valence electrons. The van der Waals surface area contributed by atoms with Gasteiger partial charge in [-0.25, -0.2) is 0 Å². The summed E-state index contributed by atoms with van der Waals surface area (Å²) < 4.78 is 54.2. The number of unbranched alkanes of at least 4 members (excludes halogenated alkanes) is 24. The fourth-order valence-corrected chi connectivity index (χ4v) is 8.38. The third-order valence-electron chi connectivity index (χ3n) is 11.7. The Labute approximate surface area is 400 Å². The van der Waals surface area contributed by atoms with Gasteiger partial charge in [-0.15, -0.1) is 0 Å². The van der Waals surface area contributed by atoms with Gasteiger partial charge in [0, 0.05) is 12.8 Å². The fraction of sp³-hybridized carbons (Fsp3) is 0.774. The first-order valence-electron chi connectivity index (χ1n) is 25.9. The Bertz CT molecular complexity index is 1440. The SMILES string of the molecule is CC/C=C/C=C/C=C/C=C/CCCCCCCC(=O)OC[C@H](CO[C@H]1O[C@H](CS(=O)(=O)O)[C@@H](O)C(O)C1O)OC(=O)CCC/C=C/CCCCCCCCCCCCCCCCCCCC. The van der Waals surface area contributed by atoms with Crippen molar-refractivity contribution in [2.24, 2.45) is 0 Å². The quantitative estimate of drug-likeness (QED) is 0.0149. The van der Waals surface area contributed by atoms with Crippen LogP contribution < -0.4 is 0 Å². The lowest BCUT2D eigenvalue weighted by Crippen LogP contribution is -2.60. The number of esters is 2. The summed E-state index contributed by atoms with van der Waals surface area (Å²) >= 11 is 0. The van der Waals surface area contributed by atoms with E-state index < -0.39 is 71.2 Å². The molecule has 0 aromatic rings. The summed E-state index contributed by atoms with van der Waals surface area (Å²) in [6, 6.07) is 0. The third-order valence-corrected chi connectivity index (χ3v) is 12.4. The van der Waals surface area contributed by atoms with Crippen LogP contribution in [0.2, 0.25) is 0 Å². The van der Waals surface area contributed by atoms with Crippen LogP contribution in [-0.2, 0) is 38.7 Å². The van der Waals surface area contributed by atoms with E-state index in [0.717, 1.165) is 51.4 Å². The average molecular weight is 953 g/mol. The zero-order valence-corrected chi connectivity index (χ0v) is 41.9. The Balaban J connectivity index is 2.38. The molecular formula is C53H92O12S. The van der Waals surface area contributed by atoms with Crippen LogP contribution in [0.4, 0.5) is 0 Å². The molecule has 66 heavy (non-hydrogen) atoms. The van der Waals surface area contributed by atoms with Crippen LogP contribution in [0, 0.1) is 0 Å². The van der Waals surface area contributed by atoms with E-state index in [0.29, 0.717) is 19.3 Å². The molecule has 1 aliphatic heterocycles. The van der Waals surface area contributed by atoms with Crippen molar-refractivity contribution in [1.82, 2.24) is 0 Å². The molecule has 0 aliphatic carbocycles. The van der Waals surface area contributed by atoms with Gasteiger partial charge in [0.05, 0.1) is 6.61 Å². The van der Waals surface area contributed by atoms with Gasteiger partial charge in [0.1, 0.15) is 36.8 Å². The van der Waals surface area contributed by atoms with Gasteiger partial charge in [-0.1, -0.05) is 203 Å². The molecule has 0 amide bonds. The number of aliphatic hydroxyl groups is 3. The molecule has 0 aromatic heterocycles. The van der Waals surface area contributed by atoms with Gasteiger partial charge in [0.25, 0.3) is 10.1 Å². The van der Waals surface area contributed by atoms with E-state index in [1.54, 1.807) is 0 Å². The van der Waals surface area contributed by atoms with Crippen LogP contribution >= 0.6 is 0 Å². The van der Waals surface area contributed by atoms with E-state index in [1.807, 2.05) is 36.5 Å². The van der Waals surface area contributed by atoms with Crippen molar-refractivity contribution < 1.29 is 56.8 Å². The molecule has 0 aromatic carbocycles. The number of rotatable bonds is 43. The molecule has 12 nitrogen and oxygen atoms in total. The number of carbonyl (C=O) groups excluding carboxylic acids is 2. The van der Waals surface area contributed by atoms with Crippen LogP contribution in [0.1, 0.15) is 206 Å². The van der Waals surface area contributed by atoms with Crippen LogP contribution in [0.15, 0.2) is 60.8 Å². The molecule has 0 saturated carbocycles. The minimum Gasteiger partial charge on any atom is -0.462 e. The van der Waals surface area contributed by atoms with Crippen LogP contribution in [-0.4, -0.2) is 96.0 Å². The lowest BCUT2D eigenvalue weighted by atomic mass is 10.00. The smallest absolute Gasteiger partial charge is 0.306 e. The summed E-state index contributed by atoms with van der Waals surface area (Å²) in [6.45, 7) is 3.60. The van der Waals surface area contributed by atoms with Crippen LogP contribution in [0.25, 0.3) is 0 Å². The molecule has 1 fully saturated rings. The molecule has 0 radical (unpaired) electrons. The maximum atomic E-state index is 12.9. The summed E-state index contributed by atoms with van der Waals surface area (Å²) in [7, 11) is -4.61. The largest absolute Gasteiger partial charge is 0.462 e. The zero-order valence-electron chi connectivity index (χ0n) is 41.0. The van der Waals surface area contributed by atoms with Gasteiger partial charge in [-0.05, 0) is 51.4 Å². The Morgan fingerprint density at radius 3 is 1.52 bits per heavy atom. The minimum absolute atomic E-state index is 0.110. The topological polar surface area (TPSA) is 186 Å². The average Bonchev–Trinajstić information content (AvgIpc) is 3.28. The first kappa shape index (κ1) is 61.4. The summed E-state index contributed by atoms with van der Waals surface area (Å²) in [4.78, 5) is 25.5. The summed E-state index contributed by atoms with van der Waals surface area (Å²) in [5, 5.41) is 31.0. The van der Waals surface area contributed by atoms with E-state index in [1.165, 1.54) is 109 Å². The van der Waals surface area contributed by atoms with Gasteiger partial charge < -0.3 is 34.3 Å². The van der Waals surface area contributed by atoms with E-state index in [2.05, 4.69) is 38.2 Å². The lowest BCUT2D eigenvalue weighted by Gasteiger charge is -2.40. The highest BCUT2D eigenvalue weighted by molar-refractivity contribution is 7.85. The van der Waals surface area contributed by atoms with E-state index in [9.17, 15) is 37.9 Å². The van der Waals surface area contributed by atoms with Crippen molar-refractivity contribution in [3.05, 3.63) is 60.8 Å². The summed E-state index contributed by atoms with van der Waals surface area (Å²) in [5.41, 5.74) is 0. The van der Waals surface area contributed by atoms with Crippen molar-refractivity contribution in [2.75, 3.05) is 19.0 Å². The summed E-state index contributed by atoms with van der Waals surface area (Å²) in [5.74, 6) is -2.05. The molecular weight excluding hydrogens is 861 g/mol. The third kappa shape index (κ3) is 36.4. The van der Waals surface area contributed by atoms with E-state index >= 15 is 0 Å². The van der Waals surface area contributed by atoms with Crippen molar-refractivity contribution in [3.8, 4) is 0 Å². The van der Waals surface area contributed by atoms with Gasteiger partial charge in [0.2, 0.25) is 0 Å². The lowest BCUT2D eigenvalue weighted by molar-refractivity contribution is -0.297. The normalized spacial score (nSPS) is 19.9. The highest BCUT2D eigenvalue weighted by Crippen LogP contribution is 2.24. The van der Waals surface area contributed by atoms with Gasteiger partial charge in [0.15, 0.2) is 12.4 Å². The minimum atomic E-state index is -4.61. The van der Waals surface area contributed by atoms with Gasteiger partial charge >= 0.3 is 11.9 Å². The molecule has 4 N–H and O–H groups in total. The number of hydrogen-bond acceptors (Lipinski definition) is 11. The molecule has 1 rings (SSSR count). The van der Waals surface area contributed by atoms with Crippen molar-refractivity contribution in [3.63, 3.8) is 0 Å². The number of aliphatic hydroxyl groups excluding tert-OH is 3. The second kappa shape index (κ2) is 42.5. The zero-order chi connectivity index (χ0) is 48.4. The Kier molecular flexibility index (Phi) is 39.5. The predicted octanol–water partition coefficient (Wildman–Crippen LogP) is 11.7. The monoisotopic (exact) mass is 953 g/mol. The Morgan fingerprint density at radius 2 is 0.985 bits per heavy atom. The molecule has 0 spiro atoms. The van der Waals surface area contributed by atoms with Crippen LogP contribution in [0.3, 0.4) is 0 Å². The molecule has 1 aliphatic rings. The van der Waals surface area contributed by atoms with E-state index in [4.69, 9.17) is 18.9 Å². The second-order valence-corrected chi connectivity index (χ2v) is 19.4. The van der Waals surface area contributed by atoms with Crippen molar-refractivity contribution in [2.45, 2.75) is 243 Å². The summed E-state index contributed by atoms with van der Waals surface area (Å²) in [6.07, 6.45) is 44.2. The van der Waals surface area contributed by atoms with E-state index in [-0.39, 0.29) is 19.4 Å².